The van der Waals surface area contributed by atoms with Crippen LogP contribution in [0.5, 0.6) is 0 Å². The predicted octanol–water partition coefficient (Wildman–Crippen LogP) is 14.7. The molecule has 0 aliphatic heterocycles. The van der Waals surface area contributed by atoms with E-state index in [1.165, 1.54) is 109 Å². The molecule has 7 aromatic carbocycles. The lowest BCUT2D eigenvalue weighted by molar-refractivity contribution is 0.350. The van der Waals surface area contributed by atoms with Crippen molar-refractivity contribution in [1.29, 1.82) is 0 Å². The summed E-state index contributed by atoms with van der Waals surface area (Å²) in [6.45, 7) is 0. The topological polar surface area (TPSA) is 38.7 Å². The number of rotatable bonds is 5. The van der Waals surface area contributed by atoms with E-state index in [1.54, 1.807) is 22.3 Å². The molecule has 0 unspecified atom stereocenters. The Morgan fingerprint density at radius 1 is 0.267 bits per heavy atom. The van der Waals surface area contributed by atoms with Crippen molar-refractivity contribution in [2.75, 3.05) is 0 Å². The summed E-state index contributed by atoms with van der Waals surface area (Å²) in [5, 5.41) is 0. The molecule has 2 fully saturated rings. The number of hydrogen-bond donors (Lipinski definition) is 0. The highest BCUT2D eigenvalue weighted by molar-refractivity contribution is 5.91. The summed E-state index contributed by atoms with van der Waals surface area (Å²) in [5.41, 5.74) is 20.4. The van der Waals surface area contributed by atoms with Gasteiger partial charge in [0.25, 0.3) is 0 Å². The van der Waals surface area contributed by atoms with Crippen molar-refractivity contribution in [3.8, 4) is 78.7 Å². The molecular formula is C57H47N3. The van der Waals surface area contributed by atoms with Crippen molar-refractivity contribution in [3.63, 3.8) is 0 Å². The van der Waals surface area contributed by atoms with E-state index in [0.717, 1.165) is 16.7 Å². The van der Waals surface area contributed by atoms with E-state index in [4.69, 9.17) is 15.0 Å². The van der Waals surface area contributed by atoms with E-state index in [9.17, 15) is 0 Å². The summed E-state index contributed by atoms with van der Waals surface area (Å²) in [6.07, 6.45) is 12.9. The van der Waals surface area contributed by atoms with E-state index in [-0.39, 0.29) is 10.8 Å². The Hall–Kier alpha value is -6.45. The Morgan fingerprint density at radius 3 is 1.25 bits per heavy atom. The third-order valence-corrected chi connectivity index (χ3v) is 14.5. The van der Waals surface area contributed by atoms with E-state index in [0.29, 0.717) is 17.5 Å². The molecule has 1 aromatic heterocycles. The van der Waals surface area contributed by atoms with E-state index in [1.807, 2.05) is 36.4 Å². The zero-order valence-electron chi connectivity index (χ0n) is 34.0. The molecule has 0 atom stereocenters. The van der Waals surface area contributed by atoms with Crippen LogP contribution in [0.15, 0.2) is 164 Å². The first-order valence-electron chi connectivity index (χ1n) is 22.2. The number of fused-ring (bicyclic) bond motifs is 10. The van der Waals surface area contributed by atoms with Gasteiger partial charge in [0.1, 0.15) is 0 Å². The van der Waals surface area contributed by atoms with Crippen LogP contribution in [-0.4, -0.2) is 15.0 Å². The second-order valence-corrected chi connectivity index (χ2v) is 17.7. The average Bonchev–Trinajstić information content (AvgIpc) is 3.73. The monoisotopic (exact) mass is 773 g/mol. The maximum atomic E-state index is 4.96. The molecule has 12 rings (SSSR count). The Balaban J connectivity index is 0.904. The molecule has 4 aliphatic rings. The molecular weight excluding hydrogens is 727 g/mol. The van der Waals surface area contributed by atoms with E-state index in [2.05, 4.69) is 127 Å². The van der Waals surface area contributed by atoms with Crippen LogP contribution in [-0.2, 0) is 10.8 Å². The second-order valence-electron chi connectivity index (χ2n) is 17.7. The van der Waals surface area contributed by atoms with Gasteiger partial charge in [-0.15, -0.1) is 0 Å². The lowest BCUT2D eigenvalue weighted by Crippen LogP contribution is -2.29. The van der Waals surface area contributed by atoms with Gasteiger partial charge in [-0.25, -0.2) is 15.0 Å². The van der Waals surface area contributed by atoms with Gasteiger partial charge in [0.05, 0.1) is 0 Å². The number of aromatic nitrogens is 3. The van der Waals surface area contributed by atoms with Gasteiger partial charge in [0.2, 0.25) is 0 Å². The summed E-state index contributed by atoms with van der Waals surface area (Å²) in [4.78, 5) is 14.8. The highest BCUT2D eigenvalue weighted by atomic mass is 15.0. The van der Waals surface area contributed by atoms with Crippen LogP contribution in [0.2, 0.25) is 0 Å². The Bertz CT molecular complexity index is 2860. The van der Waals surface area contributed by atoms with Gasteiger partial charge in [-0.2, -0.15) is 0 Å². The molecule has 0 bridgehead atoms. The maximum absolute atomic E-state index is 4.96. The van der Waals surface area contributed by atoms with Gasteiger partial charge in [-0.05, 0) is 117 Å². The molecule has 4 aliphatic carbocycles. The molecule has 0 saturated heterocycles. The molecule has 60 heavy (non-hydrogen) atoms. The van der Waals surface area contributed by atoms with Crippen molar-refractivity contribution in [2.45, 2.75) is 75.0 Å². The highest BCUT2D eigenvalue weighted by Gasteiger charge is 2.49. The first-order chi connectivity index (χ1) is 29.7. The molecule has 3 nitrogen and oxygen atoms in total. The summed E-state index contributed by atoms with van der Waals surface area (Å²) < 4.78 is 0. The smallest absolute Gasteiger partial charge is 0.164 e. The molecule has 3 heteroatoms. The van der Waals surface area contributed by atoms with E-state index >= 15 is 0 Å². The molecule has 0 radical (unpaired) electrons. The Morgan fingerprint density at radius 2 is 0.667 bits per heavy atom. The highest BCUT2D eigenvalue weighted by Crippen LogP contribution is 2.62. The first-order valence-corrected chi connectivity index (χ1v) is 22.2. The molecule has 2 saturated carbocycles. The first kappa shape index (κ1) is 35.5. The molecule has 8 aromatic rings. The summed E-state index contributed by atoms with van der Waals surface area (Å²) in [5.74, 6) is 2.01. The normalized spacial score (nSPS) is 16.6. The minimum Gasteiger partial charge on any atom is -0.208 e. The van der Waals surface area contributed by atoms with Crippen LogP contribution >= 0.6 is 0 Å². The molecule has 0 N–H and O–H groups in total. The van der Waals surface area contributed by atoms with Gasteiger partial charge < -0.3 is 0 Å². The third kappa shape index (κ3) is 5.59. The zero-order chi connectivity index (χ0) is 39.7. The van der Waals surface area contributed by atoms with Crippen molar-refractivity contribution in [2.24, 2.45) is 0 Å². The predicted molar refractivity (Wildman–Crippen MR) is 246 cm³/mol. The Kier molecular flexibility index (Phi) is 8.34. The fraction of sp³-hybridized carbons (Fsp3) is 0.211. The third-order valence-electron chi connectivity index (χ3n) is 14.5. The van der Waals surface area contributed by atoms with Crippen LogP contribution in [0.25, 0.3) is 78.7 Å². The van der Waals surface area contributed by atoms with Crippen LogP contribution in [0.3, 0.4) is 0 Å². The summed E-state index contributed by atoms with van der Waals surface area (Å²) >= 11 is 0. The maximum Gasteiger partial charge on any atom is 0.164 e. The second kappa shape index (κ2) is 14.1. The average molecular weight is 774 g/mol. The van der Waals surface area contributed by atoms with Crippen molar-refractivity contribution < 1.29 is 0 Å². The van der Waals surface area contributed by atoms with Gasteiger partial charge in [0, 0.05) is 27.5 Å². The van der Waals surface area contributed by atoms with Gasteiger partial charge >= 0.3 is 0 Å². The minimum absolute atomic E-state index is 0.0778. The van der Waals surface area contributed by atoms with Crippen LogP contribution in [0.1, 0.15) is 86.5 Å². The number of nitrogens with zero attached hydrogens (tertiary/aromatic N) is 3. The molecule has 290 valence electrons. The molecule has 0 amide bonds. The zero-order valence-corrected chi connectivity index (χ0v) is 34.0. The van der Waals surface area contributed by atoms with Crippen LogP contribution in [0, 0.1) is 0 Å². The molecule has 2 spiro atoms. The van der Waals surface area contributed by atoms with Crippen molar-refractivity contribution >= 4 is 0 Å². The fourth-order valence-electron chi connectivity index (χ4n) is 11.6. The number of benzene rings is 7. The van der Waals surface area contributed by atoms with Crippen molar-refractivity contribution in [1.82, 2.24) is 15.0 Å². The lowest BCUT2D eigenvalue weighted by atomic mass is 9.66. The molecule has 1 heterocycles. The van der Waals surface area contributed by atoms with Gasteiger partial charge in [-0.1, -0.05) is 178 Å². The fourth-order valence-corrected chi connectivity index (χ4v) is 11.6. The largest absolute Gasteiger partial charge is 0.208 e. The summed E-state index contributed by atoms with van der Waals surface area (Å²) in [6, 6.07) is 60.3. The van der Waals surface area contributed by atoms with Gasteiger partial charge in [-0.3, -0.25) is 0 Å². The van der Waals surface area contributed by atoms with Crippen LogP contribution in [0.4, 0.5) is 0 Å². The SMILES string of the molecule is c1ccc(-c2nc(-c3ccccc3)nc(-c3ccc(-c4cccc(-c5ccc6c(c5)C5(CCCCC5)c5cc7c(cc5-6)C5(CCCCC5)c5ccccc5-7)c4)cc3)n2)cc1. The quantitative estimate of drug-likeness (QED) is 0.175. The Labute approximate surface area is 353 Å². The minimum atomic E-state index is 0.0778. The summed E-state index contributed by atoms with van der Waals surface area (Å²) in [7, 11) is 0. The standard InChI is InChI=1S/C57H47N3/c1-5-16-39(17-6-1)53-58-54(40-18-7-2-8-19-40)60-55(59-53)41-26-24-38(25-27-41)42-20-15-21-43(34-42)44-28-29-46-48-37-51-47(36-52(48)57(50(46)35-44)32-13-4-14-33-57)45-22-9-10-23-49(45)56(51)30-11-3-12-31-56/h1-2,5-10,15-29,34-37H,3-4,11-14,30-33H2. The van der Waals surface area contributed by atoms with Crippen molar-refractivity contribution in [3.05, 3.63) is 186 Å². The number of hydrogen-bond acceptors (Lipinski definition) is 3. The lowest BCUT2D eigenvalue weighted by Gasteiger charge is -2.37. The van der Waals surface area contributed by atoms with Gasteiger partial charge in [0.15, 0.2) is 17.5 Å². The van der Waals surface area contributed by atoms with Crippen LogP contribution < -0.4 is 0 Å². The van der Waals surface area contributed by atoms with E-state index < -0.39 is 0 Å².